The molecule has 0 bridgehead atoms. The van der Waals surface area contributed by atoms with E-state index in [2.05, 4.69) is 10.1 Å². The Kier molecular flexibility index (Phi) is 8.29. The van der Waals surface area contributed by atoms with Crippen molar-refractivity contribution in [2.24, 2.45) is 0 Å². The number of nitrogens with one attached hydrogen (secondary N) is 1. The number of hydrogen-bond acceptors (Lipinski definition) is 8. The number of carbonyl (C=O) groups is 1. The van der Waals surface area contributed by atoms with Crippen LogP contribution in [0.3, 0.4) is 0 Å². The fraction of sp³-hybridized carbons (Fsp3) is 0.500. The lowest BCUT2D eigenvalue weighted by molar-refractivity contribution is -0.141. The first-order valence-electron chi connectivity index (χ1n) is 10.9. The molecule has 1 fully saturated rings. The van der Waals surface area contributed by atoms with Gasteiger partial charge in [-0.1, -0.05) is 0 Å². The molecule has 0 unspecified atom stereocenters. The Morgan fingerprint density at radius 1 is 1.20 bits per heavy atom. The van der Waals surface area contributed by atoms with Gasteiger partial charge in [-0.2, -0.15) is 23.5 Å². The SMILES string of the molecule is C[C@H](CC(=O)N1CCN(c2ccc(C#N)cn2)CC1)OC[C@H](C)Oc1cn[nH]c(=O)c1C(F)(F)F. The predicted molar refractivity (Wildman–Crippen MR) is 118 cm³/mol. The lowest BCUT2D eigenvalue weighted by atomic mass is 10.2. The molecule has 0 aliphatic carbocycles. The number of carbonyl (C=O) groups excluding carboxylic acids is 1. The highest BCUT2D eigenvalue weighted by Gasteiger charge is 2.38. The van der Waals surface area contributed by atoms with E-state index in [1.807, 2.05) is 11.0 Å². The van der Waals surface area contributed by atoms with Crippen LogP contribution in [-0.4, -0.2) is 71.0 Å². The summed E-state index contributed by atoms with van der Waals surface area (Å²) in [6, 6.07) is 5.49. The summed E-state index contributed by atoms with van der Waals surface area (Å²) in [6.07, 6.45) is -3.81. The average molecular weight is 494 g/mol. The van der Waals surface area contributed by atoms with Crippen molar-refractivity contribution in [3.63, 3.8) is 0 Å². The van der Waals surface area contributed by atoms with Crippen LogP contribution in [0.1, 0.15) is 31.4 Å². The van der Waals surface area contributed by atoms with Gasteiger partial charge in [-0.15, -0.1) is 0 Å². The third kappa shape index (κ3) is 6.92. The monoisotopic (exact) mass is 494 g/mol. The summed E-state index contributed by atoms with van der Waals surface area (Å²) in [5.41, 5.74) is -2.37. The summed E-state index contributed by atoms with van der Waals surface area (Å²) < 4.78 is 50.2. The summed E-state index contributed by atoms with van der Waals surface area (Å²) >= 11 is 0. The summed E-state index contributed by atoms with van der Waals surface area (Å²) in [6.45, 7) is 5.29. The normalized spacial score (nSPS) is 15.9. The maximum atomic E-state index is 13.1. The molecule has 3 rings (SSSR count). The molecule has 1 amide bonds. The zero-order chi connectivity index (χ0) is 25.6. The molecule has 2 atom stereocenters. The number of piperazine rings is 1. The number of aromatic nitrogens is 3. The smallest absolute Gasteiger partial charge is 0.425 e. The van der Waals surface area contributed by atoms with Gasteiger partial charge in [0.05, 0.1) is 30.9 Å². The van der Waals surface area contributed by atoms with Crippen molar-refractivity contribution in [2.45, 2.75) is 38.7 Å². The fourth-order valence-electron chi connectivity index (χ4n) is 3.55. The summed E-state index contributed by atoms with van der Waals surface area (Å²) in [4.78, 5) is 32.2. The molecule has 1 aliphatic rings. The molecule has 13 heteroatoms. The van der Waals surface area contributed by atoms with Gasteiger partial charge in [-0.25, -0.2) is 10.1 Å². The lowest BCUT2D eigenvalue weighted by Gasteiger charge is -2.35. The zero-order valence-electron chi connectivity index (χ0n) is 19.2. The van der Waals surface area contributed by atoms with Gasteiger partial charge in [-0.3, -0.25) is 9.59 Å². The van der Waals surface area contributed by atoms with Gasteiger partial charge in [0.2, 0.25) is 5.91 Å². The minimum Gasteiger partial charge on any atom is -0.486 e. The Balaban J connectivity index is 1.44. The summed E-state index contributed by atoms with van der Waals surface area (Å²) in [5.74, 6) is -0.0431. The van der Waals surface area contributed by atoms with Crippen molar-refractivity contribution in [1.82, 2.24) is 20.1 Å². The number of anilines is 1. The second-order valence-corrected chi connectivity index (χ2v) is 8.10. The van der Waals surface area contributed by atoms with Crippen LogP contribution in [0.25, 0.3) is 0 Å². The molecular formula is C22H25F3N6O4. The van der Waals surface area contributed by atoms with Crippen LogP contribution in [-0.2, 0) is 15.7 Å². The first-order valence-corrected chi connectivity index (χ1v) is 10.9. The van der Waals surface area contributed by atoms with Crippen LogP contribution in [0.4, 0.5) is 19.0 Å². The molecule has 10 nitrogen and oxygen atoms in total. The highest BCUT2D eigenvalue weighted by atomic mass is 19.4. The van der Waals surface area contributed by atoms with Gasteiger partial charge in [0, 0.05) is 32.4 Å². The molecule has 3 heterocycles. The van der Waals surface area contributed by atoms with E-state index in [1.165, 1.54) is 13.1 Å². The van der Waals surface area contributed by atoms with E-state index in [0.717, 1.165) is 12.0 Å². The lowest BCUT2D eigenvalue weighted by Crippen LogP contribution is -2.49. The average Bonchev–Trinajstić information content (AvgIpc) is 2.82. The van der Waals surface area contributed by atoms with E-state index >= 15 is 0 Å². The van der Waals surface area contributed by atoms with Gasteiger partial charge in [-0.05, 0) is 26.0 Å². The number of ether oxygens (including phenoxy) is 2. The molecule has 2 aromatic rings. The summed E-state index contributed by atoms with van der Waals surface area (Å²) in [5, 5.41) is 14.0. The Morgan fingerprint density at radius 3 is 2.51 bits per heavy atom. The van der Waals surface area contributed by atoms with Crippen molar-refractivity contribution in [2.75, 3.05) is 37.7 Å². The van der Waals surface area contributed by atoms with E-state index in [9.17, 15) is 22.8 Å². The predicted octanol–water partition coefficient (Wildman–Crippen LogP) is 1.97. The topological polar surface area (TPSA) is 124 Å². The molecule has 0 saturated carbocycles. The quantitative estimate of drug-likeness (QED) is 0.591. The Morgan fingerprint density at radius 2 is 1.91 bits per heavy atom. The van der Waals surface area contributed by atoms with Crippen LogP contribution in [0.2, 0.25) is 0 Å². The Hall–Kier alpha value is -3.66. The van der Waals surface area contributed by atoms with Crippen LogP contribution in [0, 0.1) is 11.3 Å². The number of H-pyrrole nitrogens is 1. The first-order chi connectivity index (χ1) is 16.6. The largest absolute Gasteiger partial charge is 0.486 e. The molecule has 188 valence electrons. The zero-order valence-corrected chi connectivity index (χ0v) is 19.2. The number of nitrogens with zero attached hydrogens (tertiary/aromatic N) is 5. The molecule has 0 spiro atoms. The van der Waals surface area contributed by atoms with E-state index in [-0.39, 0.29) is 18.9 Å². The van der Waals surface area contributed by atoms with Crippen molar-refractivity contribution < 1.29 is 27.4 Å². The number of hydrogen-bond donors (Lipinski definition) is 1. The van der Waals surface area contributed by atoms with E-state index in [4.69, 9.17) is 14.7 Å². The first kappa shape index (κ1) is 26.0. The van der Waals surface area contributed by atoms with Gasteiger partial charge < -0.3 is 19.3 Å². The maximum absolute atomic E-state index is 13.1. The number of pyridine rings is 1. The van der Waals surface area contributed by atoms with Crippen LogP contribution < -0.4 is 15.2 Å². The van der Waals surface area contributed by atoms with Gasteiger partial charge >= 0.3 is 6.18 Å². The molecule has 1 saturated heterocycles. The Bertz CT molecular complexity index is 1110. The molecule has 1 N–H and O–H groups in total. The Labute approximate surface area is 199 Å². The van der Waals surface area contributed by atoms with Crippen molar-refractivity contribution in [3.05, 3.63) is 46.0 Å². The van der Waals surface area contributed by atoms with Crippen LogP contribution >= 0.6 is 0 Å². The van der Waals surface area contributed by atoms with Crippen molar-refractivity contribution in [1.29, 1.82) is 5.26 Å². The van der Waals surface area contributed by atoms with Crippen molar-refractivity contribution >= 4 is 11.7 Å². The number of amides is 1. The van der Waals surface area contributed by atoms with Gasteiger partial charge in [0.1, 0.15) is 18.0 Å². The van der Waals surface area contributed by atoms with Crippen LogP contribution in [0.5, 0.6) is 5.75 Å². The van der Waals surface area contributed by atoms with Crippen LogP contribution in [0.15, 0.2) is 29.3 Å². The highest BCUT2D eigenvalue weighted by Crippen LogP contribution is 2.33. The fourth-order valence-corrected chi connectivity index (χ4v) is 3.55. The van der Waals surface area contributed by atoms with Gasteiger partial charge in [0.25, 0.3) is 5.56 Å². The third-order valence-corrected chi connectivity index (χ3v) is 5.34. The van der Waals surface area contributed by atoms with Crippen molar-refractivity contribution in [3.8, 4) is 11.8 Å². The second kappa shape index (κ2) is 11.2. The number of halogens is 3. The van der Waals surface area contributed by atoms with E-state index in [1.54, 1.807) is 29.1 Å². The number of alkyl halides is 3. The van der Waals surface area contributed by atoms with E-state index < -0.39 is 35.3 Å². The molecule has 2 aromatic heterocycles. The minimum atomic E-state index is -4.90. The number of rotatable bonds is 8. The maximum Gasteiger partial charge on any atom is 0.425 e. The molecule has 1 aliphatic heterocycles. The third-order valence-electron chi connectivity index (χ3n) is 5.34. The summed E-state index contributed by atoms with van der Waals surface area (Å²) in [7, 11) is 0. The molecular weight excluding hydrogens is 469 g/mol. The molecule has 0 aromatic carbocycles. The molecule has 0 radical (unpaired) electrons. The highest BCUT2D eigenvalue weighted by molar-refractivity contribution is 5.77. The number of nitriles is 1. The molecule has 35 heavy (non-hydrogen) atoms. The van der Waals surface area contributed by atoms with E-state index in [0.29, 0.717) is 31.7 Å². The second-order valence-electron chi connectivity index (χ2n) is 8.10. The number of aromatic amines is 1. The minimum absolute atomic E-state index is 0.0866. The standard InChI is InChI=1S/C22H25F3N6O4/c1-14(34-13-15(2)35-17-12-28-29-21(33)20(17)22(23,24)25)9-19(32)31-7-5-30(6-8-31)18-4-3-16(10-26)11-27-18/h3-4,11-12,14-15H,5-9,13H2,1-2H3,(H,29,33)/t14-,15+/m1/s1. The van der Waals surface area contributed by atoms with Gasteiger partial charge in [0.15, 0.2) is 11.3 Å².